The maximum absolute atomic E-state index is 12.3. The largest absolute Gasteiger partial charge is 0.330 e. The van der Waals surface area contributed by atoms with Gasteiger partial charge in [-0.15, -0.1) is 0 Å². The van der Waals surface area contributed by atoms with Crippen LogP contribution in [0.2, 0.25) is 0 Å². The fraction of sp³-hybridized carbons (Fsp3) is 0.923. The highest BCUT2D eigenvalue weighted by atomic mass is 16.2. The van der Waals surface area contributed by atoms with Crippen LogP contribution in [0, 0.1) is 5.41 Å². The molecule has 4 heteroatoms. The summed E-state index contributed by atoms with van der Waals surface area (Å²) in [6, 6.07) is 0.200. The molecule has 0 radical (unpaired) electrons. The van der Waals surface area contributed by atoms with E-state index in [2.05, 4.69) is 20.8 Å². The molecule has 0 spiro atoms. The Morgan fingerprint density at radius 1 is 1.35 bits per heavy atom. The van der Waals surface area contributed by atoms with Crippen molar-refractivity contribution in [2.75, 3.05) is 32.7 Å². The van der Waals surface area contributed by atoms with Crippen LogP contribution in [0.25, 0.3) is 0 Å². The Kier molecular flexibility index (Phi) is 5.25. The Balaban J connectivity index is 2.60. The molecule has 0 saturated carbocycles. The zero-order chi connectivity index (χ0) is 12.9. The number of hydrogen-bond donors (Lipinski definition) is 1. The highest BCUT2D eigenvalue weighted by molar-refractivity contribution is 5.74. The summed E-state index contributed by atoms with van der Waals surface area (Å²) in [4.78, 5) is 16.3. The fourth-order valence-electron chi connectivity index (χ4n) is 2.20. The molecule has 1 rings (SSSR count). The lowest BCUT2D eigenvalue weighted by Crippen LogP contribution is -2.47. The summed E-state index contributed by atoms with van der Waals surface area (Å²) in [6.45, 7) is 10.4. The predicted molar refractivity (Wildman–Crippen MR) is 70.9 cm³/mol. The number of rotatable bonds is 5. The van der Waals surface area contributed by atoms with Crippen LogP contribution in [0.5, 0.6) is 0 Å². The summed E-state index contributed by atoms with van der Waals surface area (Å²) in [6.07, 6.45) is 3.29. The van der Waals surface area contributed by atoms with Gasteiger partial charge >= 0.3 is 6.03 Å². The Morgan fingerprint density at radius 2 is 1.94 bits per heavy atom. The molecule has 17 heavy (non-hydrogen) atoms. The van der Waals surface area contributed by atoms with Crippen LogP contribution in [0.1, 0.15) is 40.0 Å². The van der Waals surface area contributed by atoms with Crippen molar-refractivity contribution in [3.05, 3.63) is 0 Å². The molecule has 0 bridgehead atoms. The number of hydrogen-bond acceptors (Lipinski definition) is 2. The topological polar surface area (TPSA) is 49.6 Å². The third-order valence-electron chi connectivity index (χ3n) is 3.31. The van der Waals surface area contributed by atoms with E-state index in [-0.39, 0.29) is 11.4 Å². The second kappa shape index (κ2) is 6.24. The van der Waals surface area contributed by atoms with Gasteiger partial charge in [-0.05, 0) is 31.2 Å². The summed E-state index contributed by atoms with van der Waals surface area (Å²) >= 11 is 0. The molecule has 0 unspecified atom stereocenters. The van der Waals surface area contributed by atoms with Gasteiger partial charge in [-0.1, -0.05) is 20.8 Å². The maximum Gasteiger partial charge on any atom is 0.320 e. The van der Waals surface area contributed by atoms with E-state index in [1.54, 1.807) is 0 Å². The quantitative estimate of drug-likeness (QED) is 0.799. The van der Waals surface area contributed by atoms with Gasteiger partial charge < -0.3 is 15.5 Å². The lowest BCUT2D eigenvalue weighted by Gasteiger charge is -2.34. The van der Waals surface area contributed by atoms with Crippen molar-refractivity contribution in [2.45, 2.75) is 40.0 Å². The summed E-state index contributed by atoms with van der Waals surface area (Å²) in [5, 5.41) is 0. The normalized spacial score (nSPS) is 16.4. The van der Waals surface area contributed by atoms with Crippen molar-refractivity contribution < 1.29 is 4.79 Å². The number of nitrogens with zero attached hydrogens (tertiary/aromatic N) is 2. The predicted octanol–water partition coefficient (Wildman–Crippen LogP) is 1.90. The van der Waals surface area contributed by atoms with Crippen molar-refractivity contribution in [1.82, 2.24) is 9.80 Å². The molecular weight excluding hydrogens is 214 g/mol. The molecule has 1 heterocycles. The first-order chi connectivity index (χ1) is 8.00. The standard InChI is InChI=1S/C13H27N3O/c1-4-7-16(11-13(2,3)10-14)12(17)15-8-5-6-9-15/h4-11,14H2,1-3H3. The molecule has 0 aromatic rings. The molecule has 4 nitrogen and oxygen atoms in total. The van der Waals surface area contributed by atoms with Gasteiger partial charge in [0.05, 0.1) is 0 Å². The molecule has 0 aromatic carbocycles. The summed E-state index contributed by atoms with van der Waals surface area (Å²) < 4.78 is 0. The van der Waals surface area contributed by atoms with Crippen LogP contribution in [0.3, 0.4) is 0 Å². The van der Waals surface area contributed by atoms with Gasteiger partial charge in [0.2, 0.25) is 0 Å². The maximum atomic E-state index is 12.3. The van der Waals surface area contributed by atoms with E-state index in [4.69, 9.17) is 5.73 Å². The molecule has 1 aliphatic rings. The Hall–Kier alpha value is -0.770. The summed E-state index contributed by atoms with van der Waals surface area (Å²) in [5.41, 5.74) is 5.76. The Labute approximate surface area is 105 Å². The number of urea groups is 1. The molecule has 2 N–H and O–H groups in total. The molecule has 0 aliphatic carbocycles. The molecule has 1 fully saturated rings. The molecule has 1 aliphatic heterocycles. The van der Waals surface area contributed by atoms with E-state index < -0.39 is 0 Å². The van der Waals surface area contributed by atoms with Crippen molar-refractivity contribution in [1.29, 1.82) is 0 Å². The average Bonchev–Trinajstić information content (AvgIpc) is 2.81. The van der Waals surface area contributed by atoms with Crippen LogP contribution in [-0.2, 0) is 0 Å². The number of nitrogens with two attached hydrogens (primary N) is 1. The first-order valence-corrected chi connectivity index (χ1v) is 6.74. The first kappa shape index (κ1) is 14.3. The number of carbonyl (C=O) groups is 1. The number of carbonyl (C=O) groups excluding carboxylic acids is 1. The third-order valence-corrected chi connectivity index (χ3v) is 3.31. The van der Waals surface area contributed by atoms with E-state index in [0.29, 0.717) is 6.54 Å². The molecule has 100 valence electrons. The van der Waals surface area contributed by atoms with E-state index in [1.807, 2.05) is 9.80 Å². The number of amides is 2. The van der Waals surface area contributed by atoms with E-state index in [9.17, 15) is 4.79 Å². The first-order valence-electron chi connectivity index (χ1n) is 6.74. The highest BCUT2D eigenvalue weighted by Gasteiger charge is 2.27. The van der Waals surface area contributed by atoms with E-state index in [1.165, 1.54) is 0 Å². The van der Waals surface area contributed by atoms with Crippen LogP contribution >= 0.6 is 0 Å². The lowest BCUT2D eigenvalue weighted by molar-refractivity contribution is 0.140. The summed E-state index contributed by atoms with van der Waals surface area (Å²) in [5.74, 6) is 0. The van der Waals surface area contributed by atoms with Crippen LogP contribution in [-0.4, -0.2) is 48.6 Å². The lowest BCUT2D eigenvalue weighted by atomic mass is 9.93. The van der Waals surface area contributed by atoms with Crippen LogP contribution in [0.4, 0.5) is 4.79 Å². The van der Waals surface area contributed by atoms with Crippen LogP contribution < -0.4 is 5.73 Å². The fourth-order valence-corrected chi connectivity index (χ4v) is 2.20. The van der Waals surface area contributed by atoms with E-state index in [0.717, 1.165) is 45.4 Å². The molecule has 0 atom stereocenters. The average molecular weight is 241 g/mol. The molecular formula is C13H27N3O. The minimum atomic E-state index is 0.00452. The van der Waals surface area contributed by atoms with Gasteiger partial charge in [-0.2, -0.15) is 0 Å². The Morgan fingerprint density at radius 3 is 2.41 bits per heavy atom. The van der Waals surface area contributed by atoms with Crippen molar-refractivity contribution >= 4 is 6.03 Å². The van der Waals surface area contributed by atoms with Gasteiger partial charge in [0.15, 0.2) is 0 Å². The minimum absolute atomic E-state index is 0.00452. The highest BCUT2D eigenvalue weighted by Crippen LogP contribution is 2.18. The van der Waals surface area contributed by atoms with E-state index >= 15 is 0 Å². The SMILES string of the molecule is CCCN(CC(C)(C)CN)C(=O)N1CCCC1. The van der Waals surface area contributed by atoms with Gasteiger partial charge in [0.25, 0.3) is 0 Å². The van der Waals surface area contributed by atoms with Gasteiger partial charge in [-0.25, -0.2) is 4.79 Å². The third kappa shape index (κ3) is 4.19. The van der Waals surface area contributed by atoms with Gasteiger partial charge in [-0.3, -0.25) is 0 Å². The molecule has 0 aromatic heterocycles. The minimum Gasteiger partial charge on any atom is -0.330 e. The zero-order valence-corrected chi connectivity index (χ0v) is 11.5. The second-order valence-electron chi connectivity index (χ2n) is 5.77. The number of likely N-dealkylation sites (tertiary alicyclic amines) is 1. The second-order valence-corrected chi connectivity index (χ2v) is 5.77. The Bertz CT molecular complexity index is 247. The molecule has 2 amide bonds. The molecule has 1 saturated heterocycles. The smallest absolute Gasteiger partial charge is 0.320 e. The van der Waals surface area contributed by atoms with Crippen molar-refractivity contribution in [3.63, 3.8) is 0 Å². The summed E-state index contributed by atoms with van der Waals surface area (Å²) in [7, 11) is 0. The van der Waals surface area contributed by atoms with Crippen molar-refractivity contribution in [3.8, 4) is 0 Å². The van der Waals surface area contributed by atoms with Crippen molar-refractivity contribution in [2.24, 2.45) is 11.1 Å². The van der Waals surface area contributed by atoms with Gasteiger partial charge in [0, 0.05) is 26.2 Å². The monoisotopic (exact) mass is 241 g/mol. The van der Waals surface area contributed by atoms with Gasteiger partial charge in [0.1, 0.15) is 0 Å². The van der Waals surface area contributed by atoms with Crippen LogP contribution in [0.15, 0.2) is 0 Å². The zero-order valence-electron chi connectivity index (χ0n) is 11.5.